The van der Waals surface area contributed by atoms with Gasteiger partial charge in [0, 0.05) is 17.3 Å². The summed E-state index contributed by atoms with van der Waals surface area (Å²) in [5, 5.41) is 0. The first-order valence-corrected chi connectivity index (χ1v) is 10.2. The van der Waals surface area contributed by atoms with Gasteiger partial charge in [-0.05, 0) is 44.7 Å². The van der Waals surface area contributed by atoms with Crippen molar-refractivity contribution in [1.82, 2.24) is 0 Å². The molecule has 1 heterocycles. The molecule has 0 N–H and O–H groups in total. The fraction of sp³-hybridized carbons (Fsp3) is 0.478. The van der Waals surface area contributed by atoms with Crippen LogP contribution in [0.1, 0.15) is 45.6 Å². The quantitative estimate of drug-likeness (QED) is 0.542. The topological polar surface area (TPSA) is 82.0 Å². The minimum Gasteiger partial charge on any atom is -0.465 e. The van der Waals surface area contributed by atoms with Crippen LogP contribution in [0.3, 0.4) is 0 Å². The summed E-state index contributed by atoms with van der Waals surface area (Å²) in [7, 11) is 0. The first-order chi connectivity index (χ1) is 14.3. The van der Waals surface area contributed by atoms with Crippen molar-refractivity contribution in [3.63, 3.8) is 0 Å². The summed E-state index contributed by atoms with van der Waals surface area (Å²) in [6, 6.07) is 6.04. The maximum Gasteiger partial charge on any atom is 0.336 e. The van der Waals surface area contributed by atoms with Gasteiger partial charge in [0.15, 0.2) is 5.78 Å². The number of aliphatic imine (C=N–C) groups is 1. The molecule has 1 aliphatic heterocycles. The normalized spacial score (nSPS) is 26.0. The Morgan fingerprint density at radius 3 is 2.43 bits per heavy atom. The highest BCUT2D eigenvalue weighted by Gasteiger charge is 2.51. The van der Waals surface area contributed by atoms with Crippen LogP contribution in [0.15, 0.2) is 40.5 Å². The number of halogens is 1. The van der Waals surface area contributed by atoms with E-state index in [2.05, 4.69) is 4.99 Å². The lowest BCUT2D eigenvalue weighted by Gasteiger charge is -2.40. The Morgan fingerprint density at radius 1 is 1.13 bits per heavy atom. The maximum absolute atomic E-state index is 14.8. The molecule has 0 saturated heterocycles. The van der Waals surface area contributed by atoms with Crippen LogP contribution < -0.4 is 0 Å². The summed E-state index contributed by atoms with van der Waals surface area (Å²) in [5.74, 6) is -5.26. The SMILES string of the molecule is CCOC(=O)C1=C(C)N=C2C[C@H](C)[C@H](C(=O)OCC)C(=O)C2[C@@H]1c1ccccc1F. The summed E-state index contributed by atoms with van der Waals surface area (Å²) in [4.78, 5) is 43.4. The van der Waals surface area contributed by atoms with Gasteiger partial charge in [0.1, 0.15) is 11.7 Å². The molecule has 1 aromatic rings. The van der Waals surface area contributed by atoms with E-state index in [-0.39, 0.29) is 30.3 Å². The molecule has 0 bridgehead atoms. The number of ketones is 1. The fourth-order valence-corrected chi connectivity index (χ4v) is 4.48. The summed E-state index contributed by atoms with van der Waals surface area (Å²) < 4.78 is 25.2. The number of allylic oxidation sites excluding steroid dienone is 1. The van der Waals surface area contributed by atoms with Crippen LogP contribution in [0.25, 0.3) is 0 Å². The average molecular weight is 415 g/mol. The van der Waals surface area contributed by atoms with Crippen molar-refractivity contribution in [2.75, 3.05) is 13.2 Å². The second kappa shape index (κ2) is 8.90. The monoisotopic (exact) mass is 415 g/mol. The summed E-state index contributed by atoms with van der Waals surface area (Å²) in [6.07, 6.45) is 0.387. The van der Waals surface area contributed by atoms with Crippen LogP contribution in [0, 0.1) is 23.6 Å². The lowest BCUT2D eigenvalue weighted by atomic mass is 9.63. The number of nitrogens with zero attached hydrogens (tertiary/aromatic N) is 1. The van der Waals surface area contributed by atoms with Crippen molar-refractivity contribution in [2.45, 2.75) is 40.0 Å². The second-order valence-corrected chi connectivity index (χ2v) is 7.61. The number of hydrogen-bond donors (Lipinski definition) is 0. The molecule has 0 radical (unpaired) electrons. The first-order valence-electron chi connectivity index (χ1n) is 10.2. The summed E-state index contributed by atoms with van der Waals surface area (Å²) >= 11 is 0. The van der Waals surface area contributed by atoms with Crippen LogP contribution in [-0.2, 0) is 23.9 Å². The van der Waals surface area contributed by atoms with E-state index in [4.69, 9.17) is 9.47 Å². The molecule has 4 atom stereocenters. The zero-order valence-corrected chi connectivity index (χ0v) is 17.6. The highest BCUT2D eigenvalue weighted by molar-refractivity contribution is 6.17. The Hall–Kier alpha value is -2.83. The van der Waals surface area contributed by atoms with Gasteiger partial charge in [-0.15, -0.1) is 0 Å². The summed E-state index contributed by atoms with van der Waals surface area (Å²) in [6.45, 7) is 7.11. The van der Waals surface area contributed by atoms with Crippen molar-refractivity contribution < 1.29 is 28.2 Å². The van der Waals surface area contributed by atoms with Crippen LogP contribution in [0.4, 0.5) is 4.39 Å². The Bertz CT molecular complexity index is 935. The molecule has 1 saturated carbocycles. The predicted octanol–water partition coefficient (Wildman–Crippen LogP) is 3.61. The van der Waals surface area contributed by atoms with Crippen LogP contribution in [0.5, 0.6) is 0 Å². The van der Waals surface area contributed by atoms with Gasteiger partial charge in [0.2, 0.25) is 0 Å². The van der Waals surface area contributed by atoms with Crippen LogP contribution in [-0.4, -0.2) is 36.6 Å². The third-order valence-electron chi connectivity index (χ3n) is 5.69. The maximum atomic E-state index is 14.8. The Balaban J connectivity index is 2.17. The van der Waals surface area contributed by atoms with Gasteiger partial charge in [0.05, 0.1) is 24.7 Å². The van der Waals surface area contributed by atoms with E-state index in [9.17, 15) is 18.8 Å². The minimum atomic E-state index is -0.981. The van der Waals surface area contributed by atoms with E-state index in [1.54, 1.807) is 45.9 Å². The Morgan fingerprint density at radius 2 is 1.80 bits per heavy atom. The summed E-state index contributed by atoms with van der Waals surface area (Å²) in [5.41, 5.74) is 1.33. The van der Waals surface area contributed by atoms with Crippen molar-refractivity contribution in [1.29, 1.82) is 0 Å². The van der Waals surface area contributed by atoms with Crippen molar-refractivity contribution in [3.8, 4) is 0 Å². The van der Waals surface area contributed by atoms with Gasteiger partial charge in [-0.25, -0.2) is 9.18 Å². The van der Waals surface area contributed by atoms with E-state index in [0.29, 0.717) is 17.8 Å². The molecule has 3 rings (SSSR count). The Kier molecular flexibility index (Phi) is 6.48. The first kappa shape index (κ1) is 21.9. The van der Waals surface area contributed by atoms with Gasteiger partial charge in [0.25, 0.3) is 0 Å². The molecule has 2 aliphatic rings. The number of fused-ring (bicyclic) bond motifs is 1. The molecule has 7 heteroatoms. The van der Waals surface area contributed by atoms with Gasteiger partial charge >= 0.3 is 11.9 Å². The van der Waals surface area contributed by atoms with Crippen molar-refractivity contribution in [3.05, 3.63) is 46.9 Å². The second-order valence-electron chi connectivity index (χ2n) is 7.61. The lowest BCUT2D eigenvalue weighted by Crippen LogP contribution is -2.49. The number of carbonyl (C=O) groups excluding carboxylic acids is 3. The minimum absolute atomic E-state index is 0.136. The molecular weight excluding hydrogens is 389 g/mol. The number of hydrogen-bond acceptors (Lipinski definition) is 6. The predicted molar refractivity (Wildman–Crippen MR) is 108 cm³/mol. The highest BCUT2D eigenvalue weighted by atomic mass is 19.1. The molecule has 0 spiro atoms. The number of benzene rings is 1. The number of carbonyl (C=O) groups is 3. The van der Waals surface area contributed by atoms with Crippen molar-refractivity contribution in [2.24, 2.45) is 22.7 Å². The zero-order valence-electron chi connectivity index (χ0n) is 17.6. The molecule has 0 amide bonds. The Labute approximate surface area is 175 Å². The molecule has 1 unspecified atom stereocenters. The average Bonchev–Trinajstić information content (AvgIpc) is 2.67. The number of esters is 2. The van der Waals surface area contributed by atoms with Gasteiger partial charge in [-0.3, -0.25) is 14.6 Å². The lowest BCUT2D eigenvalue weighted by molar-refractivity contribution is -0.154. The van der Waals surface area contributed by atoms with Crippen molar-refractivity contribution >= 4 is 23.4 Å². The number of Topliss-reactive ketones (excluding diaryl/α,β-unsaturated/α-hetero) is 1. The van der Waals surface area contributed by atoms with E-state index < -0.39 is 41.3 Å². The molecule has 1 aromatic carbocycles. The molecular formula is C23H26FNO5. The van der Waals surface area contributed by atoms with E-state index >= 15 is 0 Å². The van der Waals surface area contributed by atoms with E-state index in [1.165, 1.54) is 6.07 Å². The largest absolute Gasteiger partial charge is 0.465 e. The smallest absolute Gasteiger partial charge is 0.336 e. The molecule has 30 heavy (non-hydrogen) atoms. The number of rotatable bonds is 5. The highest BCUT2D eigenvalue weighted by Crippen LogP contribution is 2.46. The third-order valence-corrected chi connectivity index (χ3v) is 5.69. The molecule has 6 nitrogen and oxygen atoms in total. The van der Waals surface area contributed by atoms with Gasteiger partial charge < -0.3 is 9.47 Å². The molecule has 160 valence electrons. The van der Waals surface area contributed by atoms with Gasteiger partial charge in [-0.1, -0.05) is 25.1 Å². The zero-order chi connectivity index (χ0) is 22.0. The fourth-order valence-electron chi connectivity index (χ4n) is 4.48. The van der Waals surface area contributed by atoms with E-state index in [0.717, 1.165) is 0 Å². The third kappa shape index (κ3) is 3.80. The van der Waals surface area contributed by atoms with Gasteiger partial charge in [-0.2, -0.15) is 0 Å². The van der Waals surface area contributed by atoms with E-state index in [1.807, 2.05) is 0 Å². The molecule has 1 aliphatic carbocycles. The molecule has 1 fully saturated rings. The standard InChI is InChI=1S/C23H26FNO5/c1-5-29-22(27)17-12(3)11-16-20(21(17)26)19(14-9-7-8-10-15(14)24)18(13(4)25-16)23(28)30-6-2/h7-10,12,17,19-20H,5-6,11H2,1-4H3/t12-,17-,19+,20?/m0/s1. The molecule has 0 aromatic heterocycles. The van der Waals surface area contributed by atoms with Crippen LogP contribution in [0.2, 0.25) is 0 Å². The van der Waals surface area contributed by atoms with Crippen LogP contribution >= 0.6 is 0 Å². The number of ether oxygens (including phenoxy) is 2.